The molecule has 0 saturated carbocycles. The summed E-state index contributed by atoms with van der Waals surface area (Å²) >= 11 is 0. The van der Waals surface area contributed by atoms with Crippen molar-refractivity contribution in [2.24, 2.45) is 0 Å². The van der Waals surface area contributed by atoms with Gasteiger partial charge in [-0.1, -0.05) is 57.6 Å². The Kier molecular flexibility index (Phi) is 8.12. The van der Waals surface area contributed by atoms with E-state index < -0.39 is 6.04 Å². The van der Waals surface area contributed by atoms with Crippen LogP contribution in [0, 0.1) is 0 Å². The summed E-state index contributed by atoms with van der Waals surface area (Å²) < 4.78 is 0. The van der Waals surface area contributed by atoms with Crippen LogP contribution in [0.25, 0.3) is 0 Å². The van der Waals surface area contributed by atoms with Crippen molar-refractivity contribution in [3.63, 3.8) is 0 Å². The van der Waals surface area contributed by atoms with E-state index in [1.807, 2.05) is 0 Å². The van der Waals surface area contributed by atoms with E-state index in [1.165, 1.54) is 32.1 Å². The number of hydrogen-bond donors (Lipinski definition) is 3. The van der Waals surface area contributed by atoms with Crippen LogP contribution in [0.1, 0.15) is 68.6 Å². The summed E-state index contributed by atoms with van der Waals surface area (Å²) in [5.41, 5.74) is 0.882. The number of fused-ring (bicyclic) bond motifs is 1. The Labute approximate surface area is 155 Å². The summed E-state index contributed by atoms with van der Waals surface area (Å²) in [7, 11) is 0. The molecule has 0 aliphatic carbocycles. The minimum atomic E-state index is -0.857. The van der Waals surface area contributed by atoms with Crippen LogP contribution >= 0.6 is 0 Å². The highest BCUT2D eigenvalue weighted by Crippen LogP contribution is 2.18. The zero-order valence-corrected chi connectivity index (χ0v) is 15.5. The zero-order valence-electron chi connectivity index (χ0n) is 15.5. The minimum absolute atomic E-state index is 0.0535. The molecule has 142 valence electrons. The van der Waals surface area contributed by atoms with Crippen LogP contribution < -0.4 is 16.0 Å². The predicted octanol–water partition coefficient (Wildman–Crippen LogP) is 2.99. The standard InChI is InChI=1S/C20H29N3O3/c1-2-3-4-5-6-7-10-13-21-18(24)14-17-20(26)22-16-12-9-8-11-15(16)19(25)23-17/h8-9,11-12,17H,2-7,10,13-14H2,1H3,(H,21,24)(H,22,26)(H,23,25)/t17-/m0/s1. The Bertz CT molecular complexity index is 630. The average molecular weight is 359 g/mol. The maximum atomic E-state index is 12.3. The molecule has 1 aromatic rings. The number of benzene rings is 1. The van der Waals surface area contributed by atoms with Gasteiger partial charge in [0.05, 0.1) is 17.7 Å². The van der Waals surface area contributed by atoms with Crippen molar-refractivity contribution in [2.45, 2.75) is 64.3 Å². The van der Waals surface area contributed by atoms with E-state index in [9.17, 15) is 14.4 Å². The van der Waals surface area contributed by atoms with Gasteiger partial charge in [-0.2, -0.15) is 0 Å². The lowest BCUT2D eigenvalue weighted by atomic mass is 10.1. The number of unbranched alkanes of at least 4 members (excludes halogenated alkanes) is 6. The summed E-state index contributed by atoms with van der Waals surface area (Å²) in [6, 6.07) is 5.95. The van der Waals surface area contributed by atoms with Crippen LogP contribution in [0.3, 0.4) is 0 Å². The number of hydrogen-bond acceptors (Lipinski definition) is 3. The fourth-order valence-electron chi connectivity index (χ4n) is 3.02. The zero-order chi connectivity index (χ0) is 18.8. The second-order valence-electron chi connectivity index (χ2n) is 6.74. The maximum Gasteiger partial charge on any atom is 0.254 e. The van der Waals surface area contributed by atoms with Gasteiger partial charge in [0, 0.05) is 6.54 Å². The lowest BCUT2D eigenvalue weighted by Crippen LogP contribution is -2.44. The molecule has 3 N–H and O–H groups in total. The van der Waals surface area contributed by atoms with E-state index in [0.717, 1.165) is 12.8 Å². The van der Waals surface area contributed by atoms with Gasteiger partial charge >= 0.3 is 0 Å². The van der Waals surface area contributed by atoms with Gasteiger partial charge in [0.25, 0.3) is 5.91 Å². The van der Waals surface area contributed by atoms with E-state index in [1.54, 1.807) is 24.3 Å². The number of rotatable bonds is 10. The Balaban J connectivity index is 1.70. The lowest BCUT2D eigenvalue weighted by molar-refractivity contribution is -0.125. The summed E-state index contributed by atoms with van der Waals surface area (Å²) in [4.78, 5) is 36.5. The molecule has 0 radical (unpaired) electrons. The topological polar surface area (TPSA) is 87.3 Å². The summed E-state index contributed by atoms with van der Waals surface area (Å²) in [5, 5.41) is 8.18. The number of carbonyl (C=O) groups excluding carboxylic acids is 3. The van der Waals surface area contributed by atoms with Crippen LogP contribution in [0.15, 0.2) is 24.3 Å². The summed E-state index contributed by atoms with van der Waals surface area (Å²) in [6.07, 6.45) is 8.23. The van der Waals surface area contributed by atoms with Crippen molar-refractivity contribution < 1.29 is 14.4 Å². The largest absolute Gasteiger partial charge is 0.356 e. The highest BCUT2D eigenvalue weighted by molar-refractivity contribution is 6.10. The molecule has 0 saturated heterocycles. The molecule has 1 aliphatic heterocycles. The molecular formula is C20H29N3O3. The van der Waals surface area contributed by atoms with Gasteiger partial charge in [0.1, 0.15) is 6.04 Å². The molecule has 1 aliphatic rings. The third-order valence-electron chi connectivity index (χ3n) is 4.54. The minimum Gasteiger partial charge on any atom is -0.356 e. The Hall–Kier alpha value is -2.37. The van der Waals surface area contributed by atoms with Gasteiger partial charge in [-0.3, -0.25) is 14.4 Å². The summed E-state index contributed by atoms with van der Waals surface area (Å²) in [5.74, 6) is -0.930. The smallest absolute Gasteiger partial charge is 0.254 e. The first kappa shape index (κ1) is 19.9. The van der Waals surface area contributed by atoms with Gasteiger partial charge in [0.2, 0.25) is 11.8 Å². The first-order chi connectivity index (χ1) is 12.6. The van der Waals surface area contributed by atoms with Crippen molar-refractivity contribution in [2.75, 3.05) is 11.9 Å². The number of amides is 3. The van der Waals surface area contributed by atoms with Crippen LogP contribution in [-0.4, -0.2) is 30.3 Å². The monoisotopic (exact) mass is 359 g/mol. The first-order valence-corrected chi connectivity index (χ1v) is 9.59. The van der Waals surface area contributed by atoms with Crippen molar-refractivity contribution in [3.8, 4) is 0 Å². The quantitative estimate of drug-likeness (QED) is 0.561. The van der Waals surface area contributed by atoms with E-state index >= 15 is 0 Å². The molecule has 2 rings (SSSR count). The third-order valence-corrected chi connectivity index (χ3v) is 4.54. The SMILES string of the molecule is CCCCCCCCCNC(=O)C[C@@H]1NC(=O)c2ccccc2NC1=O. The predicted molar refractivity (Wildman–Crippen MR) is 102 cm³/mol. The van der Waals surface area contributed by atoms with Crippen LogP contribution in [-0.2, 0) is 9.59 Å². The van der Waals surface area contributed by atoms with Crippen LogP contribution in [0.4, 0.5) is 5.69 Å². The highest BCUT2D eigenvalue weighted by atomic mass is 16.2. The maximum absolute atomic E-state index is 12.3. The van der Waals surface area contributed by atoms with Crippen LogP contribution in [0.2, 0.25) is 0 Å². The molecule has 0 fully saturated rings. The summed E-state index contributed by atoms with van der Waals surface area (Å²) in [6.45, 7) is 2.81. The van der Waals surface area contributed by atoms with E-state index in [4.69, 9.17) is 0 Å². The van der Waals surface area contributed by atoms with Crippen molar-refractivity contribution in [1.29, 1.82) is 0 Å². The van der Waals surface area contributed by atoms with E-state index in [2.05, 4.69) is 22.9 Å². The van der Waals surface area contributed by atoms with Gasteiger partial charge in [-0.15, -0.1) is 0 Å². The molecule has 1 aromatic carbocycles. The van der Waals surface area contributed by atoms with Crippen LogP contribution in [0.5, 0.6) is 0 Å². The van der Waals surface area contributed by atoms with Crippen molar-refractivity contribution in [1.82, 2.24) is 10.6 Å². The number of carbonyl (C=O) groups is 3. The fraction of sp³-hybridized carbons (Fsp3) is 0.550. The molecule has 6 heteroatoms. The lowest BCUT2D eigenvalue weighted by Gasteiger charge is -2.14. The second kappa shape index (κ2) is 10.6. The first-order valence-electron chi connectivity index (χ1n) is 9.59. The number of anilines is 1. The normalized spacial score (nSPS) is 16.3. The average Bonchev–Trinajstić information content (AvgIpc) is 2.74. The van der Waals surface area contributed by atoms with E-state index in [0.29, 0.717) is 17.8 Å². The Morgan fingerprint density at radius 3 is 2.50 bits per heavy atom. The Morgan fingerprint density at radius 1 is 1.04 bits per heavy atom. The van der Waals surface area contributed by atoms with E-state index in [-0.39, 0.29) is 24.1 Å². The number of nitrogens with one attached hydrogen (secondary N) is 3. The van der Waals surface area contributed by atoms with Crippen molar-refractivity contribution >= 4 is 23.4 Å². The van der Waals surface area contributed by atoms with Gasteiger partial charge in [-0.25, -0.2) is 0 Å². The second-order valence-corrected chi connectivity index (χ2v) is 6.74. The molecule has 6 nitrogen and oxygen atoms in total. The molecule has 0 spiro atoms. The third kappa shape index (κ3) is 6.17. The fourth-order valence-corrected chi connectivity index (χ4v) is 3.02. The molecule has 0 aromatic heterocycles. The molecule has 1 atom stereocenters. The number of para-hydroxylation sites is 1. The molecule has 0 unspecified atom stereocenters. The Morgan fingerprint density at radius 2 is 1.73 bits per heavy atom. The molecule has 3 amide bonds. The molecule has 0 bridgehead atoms. The van der Waals surface area contributed by atoms with Gasteiger partial charge in [-0.05, 0) is 18.6 Å². The van der Waals surface area contributed by atoms with Gasteiger partial charge in [0.15, 0.2) is 0 Å². The van der Waals surface area contributed by atoms with Gasteiger partial charge < -0.3 is 16.0 Å². The molecule has 26 heavy (non-hydrogen) atoms. The van der Waals surface area contributed by atoms with Crippen molar-refractivity contribution in [3.05, 3.63) is 29.8 Å². The molecule has 1 heterocycles. The highest BCUT2D eigenvalue weighted by Gasteiger charge is 2.29. The molecular weight excluding hydrogens is 330 g/mol.